The van der Waals surface area contributed by atoms with Crippen LogP contribution < -0.4 is 9.47 Å². The van der Waals surface area contributed by atoms with Crippen LogP contribution in [0.3, 0.4) is 0 Å². The van der Waals surface area contributed by atoms with E-state index in [0.29, 0.717) is 38.3 Å². The fraction of sp³-hybridized carbons (Fsp3) is 0.636. The summed E-state index contributed by atoms with van der Waals surface area (Å²) in [5, 5.41) is 0.0525. The average Bonchev–Trinajstić information content (AvgIpc) is 2.68. The molecule has 11 heteroatoms. The lowest BCUT2D eigenvalue weighted by atomic mass is 9.62. The first-order valence-electron chi connectivity index (χ1n) is 11.0. The number of hydrogen-bond donors (Lipinski definition) is 0. The van der Waals surface area contributed by atoms with E-state index < -0.39 is 12.1 Å². The number of carbonyl (C=O) groups excluding carboxylic acids is 2. The minimum absolute atomic E-state index is 0.00441. The van der Waals surface area contributed by atoms with E-state index in [2.05, 4.69) is 4.74 Å². The topological polar surface area (TPSA) is 68.3 Å². The van der Waals surface area contributed by atoms with Crippen LogP contribution >= 0.6 is 11.6 Å². The van der Waals surface area contributed by atoms with Gasteiger partial charge in [0, 0.05) is 50.0 Å². The molecule has 0 radical (unpaired) electrons. The number of ether oxygens (including phenoxy) is 3. The molecule has 3 aliphatic heterocycles. The minimum atomic E-state index is -4.78. The van der Waals surface area contributed by atoms with E-state index in [0.717, 1.165) is 25.3 Å². The lowest BCUT2D eigenvalue weighted by molar-refractivity contribution is -0.274. The van der Waals surface area contributed by atoms with Crippen LogP contribution in [0.1, 0.15) is 25.7 Å². The lowest BCUT2D eigenvalue weighted by Crippen LogP contribution is -2.68. The number of likely N-dealkylation sites (tertiary alicyclic amines) is 2. The lowest BCUT2D eigenvalue weighted by Gasteiger charge is -2.59. The Balaban J connectivity index is 1.08. The predicted octanol–water partition coefficient (Wildman–Crippen LogP) is 3.88. The van der Waals surface area contributed by atoms with E-state index >= 15 is 0 Å². The van der Waals surface area contributed by atoms with E-state index in [1.807, 2.05) is 9.80 Å². The van der Waals surface area contributed by atoms with E-state index in [1.165, 1.54) is 12.1 Å². The van der Waals surface area contributed by atoms with Gasteiger partial charge in [0.15, 0.2) is 5.78 Å². The molecule has 4 fully saturated rings. The average molecular weight is 489 g/mol. The Bertz CT molecular complexity index is 944. The summed E-state index contributed by atoms with van der Waals surface area (Å²) in [5.41, 5.74) is 0.0222. The minimum Gasteiger partial charge on any atom is -0.489 e. The highest BCUT2D eigenvalue weighted by Crippen LogP contribution is 2.50. The molecule has 4 aliphatic rings. The number of nitrogens with zero attached hydrogens (tertiary/aromatic N) is 2. The molecule has 33 heavy (non-hydrogen) atoms. The summed E-state index contributed by atoms with van der Waals surface area (Å²) in [4.78, 5) is 28.2. The van der Waals surface area contributed by atoms with E-state index in [4.69, 9.17) is 21.1 Å². The monoisotopic (exact) mass is 488 g/mol. The second kappa shape index (κ2) is 8.23. The summed E-state index contributed by atoms with van der Waals surface area (Å²) in [6.07, 6.45) is -2.08. The smallest absolute Gasteiger partial charge is 0.489 e. The largest absolute Gasteiger partial charge is 0.573 e. The normalized spacial score (nSPS) is 27.0. The molecular formula is C22H24ClF3N2O5. The molecule has 1 aromatic rings. The van der Waals surface area contributed by atoms with Crippen LogP contribution in [0.25, 0.3) is 0 Å². The number of amides is 2. The van der Waals surface area contributed by atoms with Gasteiger partial charge >= 0.3 is 12.4 Å². The highest BCUT2D eigenvalue weighted by molar-refractivity contribution is 6.32. The molecule has 7 nitrogen and oxygen atoms in total. The van der Waals surface area contributed by atoms with Gasteiger partial charge in [0.1, 0.15) is 24.2 Å². The second-order valence-corrected chi connectivity index (χ2v) is 9.92. The number of hydrogen-bond acceptors (Lipinski definition) is 5. The molecule has 1 aliphatic carbocycles. The van der Waals surface area contributed by atoms with Crippen molar-refractivity contribution in [3.63, 3.8) is 0 Å². The summed E-state index contributed by atoms with van der Waals surface area (Å²) in [6.45, 7) is 2.67. The van der Waals surface area contributed by atoms with E-state index in [9.17, 15) is 22.8 Å². The molecule has 0 N–H and O–H groups in total. The summed E-state index contributed by atoms with van der Waals surface area (Å²) in [7, 11) is 0. The molecule has 2 amide bonds. The number of carbonyl (C=O) groups is 2. The maximum Gasteiger partial charge on any atom is 0.573 e. The SMILES string of the molecule is O=C1CO[C@H]2CCN(C(=O)N3CC4(CC(Oc5ccc(OC(F)(F)F)cc5Cl)C4)C3)C[C@H]2C1. The summed E-state index contributed by atoms with van der Waals surface area (Å²) >= 11 is 6.05. The Kier molecular flexibility index (Phi) is 5.63. The van der Waals surface area contributed by atoms with Crippen LogP contribution in [0.15, 0.2) is 18.2 Å². The van der Waals surface area contributed by atoms with Gasteiger partial charge in [-0.2, -0.15) is 0 Å². The van der Waals surface area contributed by atoms with Gasteiger partial charge in [-0.15, -0.1) is 13.2 Å². The van der Waals surface area contributed by atoms with Crippen LogP contribution in [-0.2, 0) is 9.53 Å². The number of ketones is 1. The molecule has 3 saturated heterocycles. The number of Topliss-reactive ketones (excluding diaryl/α,β-unsaturated/α-hetero) is 1. The molecule has 180 valence electrons. The van der Waals surface area contributed by atoms with Crippen molar-refractivity contribution in [1.29, 1.82) is 0 Å². The first kappa shape index (κ1) is 22.6. The van der Waals surface area contributed by atoms with Crippen molar-refractivity contribution in [3.05, 3.63) is 23.2 Å². The van der Waals surface area contributed by atoms with E-state index in [-0.39, 0.29) is 47.0 Å². The molecule has 0 aromatic heterocycles. The third-order valence-corrected chi connectivity index (χ3v) is 7.25. The van der Waals surface area contributed by atoms with Crippen LogP contribution in [0.5, 0.6) is 11.5 Å². The summed E-state index contributed by atoms with van der Waals surface area (Å²) in [6, 6.07) is 3.62. The maximum absolute atomic E-state index is 12.9. The second-order valence-electron chi connectivity index (χ2n) is 9.51. The maximum atomic E-state index is 12.9. The number of alkyl halides is 3. The summed E-state index contributed by atoms with van der Waals surface area (Å²) < 4.78 is 52.3. The number of piperidine rings is 1. The van der Waals surface area contributed by atoms with Crippen molar-refractivity contribution < 1.29 is 37.0 Å². The fourth-order valence-electron chi connectivity index (χ4n) is 5.45. The number of urea groups is 1. The quantitative estimate of drug-likeness (QED) is 0.646. The van der Waals surface area contributed by atoms with Gasteiger partial charge in [0.25, 0.3) is 0 Å². The van der Waals surface area contributed by atoms with Crippen molar-refractivity contribution in [3.8, 4) is 11.5 Å². The molecule has 3 heterocycles. The third-order valence-electron chi connectivity index (χ3n) is 6.96. The number of fused-ring (bicyclic) bond motifs is 1. The summed E-state index contributed by atoms with van der Waals surface area (Å²) in [5.74, 6) is 0.0894. The van der Waals surface area contributed by atoms with Gasteiger partial charge in [0.05, 0.1) is 11.1 Å². The van der Waals surface area contributed by atoms with Crippen LogP contribution in [0.2, 0.25) is 5.02 Å². The molecule has 1 saturated carbocycles. The Morgan fingerprint density at radius 2 is 1.97 bits per heavy atom. The Morgan fingerprint density at radius 1 is 1.21 bits per heavy atom. The highest BCUT2D eigenvalue weighted by Gasteiger charge is 2.55. The van der Waals surface area contributed by atoms with Crippen LogP contribution in [-0.4, -0.2) is 73.0 Å². The fourth-order valence-corrected chi connectivity index (χ4v) is 5.67. The Labute approximate surface area is 193 Å². The van der Waals surface area contributed by atoms with Gasteiger partial charge in [-0.05, 0) is 31.4 Å². The van der Waals surface area contributed by atoms with Gasteiger partial charge in [-0.25, -0.2) is 4.79 Å². The van der Waals surface area contributed by atoms with Gasteiger partial charge < -0.3 is 24.0 Å². The molecular weight excluding hydrogens is 465 g/mol. The zero-order chi connectivity index (χ0) is 23.4. The zero-order valence-electron chi connectivity index (χ0n) is 17.8. The predicted molar refractivity (Wildman–Crippen MR) is 110 cm³/mol. The van der Waals surface area contributed by atoms with Crippen LogP contribution in [0.4, 0.5) is 18.0 Å². The Hall–Kier alpha value is -2.20. The molecule has 2 atom stereocenters. The van der Waals surface area contributed by atoms with Crippen molar-refractivity contribution in [2.45, 2.75) is 44.3 Å². The van der Waals surface area contributed by atoms with Gasteiger partial charge in [-0.1, -0.05) is 11.6 Å². The van der Waals surface area contributed by atoms with Crippen LogP contribution in [0, 0.1) is 11.3 Å². The van der Waals surface area contributed by atoms with Gasteiger partial charge in [0.2, 0.25) is 0 Å². The van der Waals surface area contributed by atoms with Crippen molar-refractivity contribution >= 4 is 23.4 Å². The molecule has 1 spiro atoms. The first-order chi connectivity index (χ1) is 15.6. The first-order valence-corrected chi connectivity index (χ1v) is 11.4. The Morgan fingerprint density at radius 3 is 2.67 bits per heavy atom. The molecule has 0 bridgehead atoms. The molecule has 1 aromatic carbocycles. The molecule has 5 rings (SSSR count). The highest BCUT2D eigenvalue weighted by atomic mass is 35.5. The van der Waals surface area contributed by atoms with Gasteiger partial charge in [-0.3, -0.25) is 4.79 Å². The van der Waals surface area contributed by atoms with Crippen molar-refractivity contribution in [2.24, 2.45) is 11.3 Å². The number of halogens is 4. The van der Waals surface area contributed by atoms with Crippen molar-refractivity contribution in [1.82, 2.24) is 9.80 Å². The number of rotatable bonds is 3. The molecule has 0 unspecified atom stereocenters. The third kappa shape index (κ3) is 4.73. The standard InChI is InChI=1S/C22H24ClF3N2O5/c23-17-6-15(33-22(24,25)26)1-2-19(17)32-16-7-21(8-16)11-28(12-21)20(30)27-4-3-18-13(9-27)5-14(29)10-31-18/h1-2,6,13,16,18H,3-5,7-12H2/t13-,18+/m1/s1. The zero-order valence-corrected chi connectivity index (χ0v) is 18.5. The van der Waals surface area contributed by atoms with E-state index in [1.54, 1.807) is 0 Å². The van der Waals surface area contributed by atoms with Crippen molar-refractivity contribution in [2.75, 3.05) is 32.8 Å². The number of benzene rings is 1.